The number of aromatic nitrogens is 4. The summed E-state index contributed by atoms with van der Waals surface area (Å²) in [7, 11) is 7.20. The quantitative estimate of drug-likeness (QED) is 0.407. The van der Waals surface area contributed by atoms with Crippen LogP contribution in [0.5, 0.6) is 11.5 Å². The van der Waals surface area contributed by atoms with Crippen molar-refractivity contribution in [1.29, 1.82) is 0 Å². The third kappa shape index (κ3) is 5.17. The van der Waals surface area contributed by atoms with Crippen LogP contribution < -0.4 is 25.0 Å². The van der Waals surface area contributed by atoms with Crippen LogP contribution in [0.2, 0.25) is 0 Å². The Morgan fingerprint density at radius 3 is 2.38 bits per heavy atom. The summed E-state index contributed by atoms with van der Waals surface area (Å²) in [5.74, 6) is 4.15. The van der Waals surface area contributed by atoms with Crippen molar-refractivity contribution >= 4 is 34.7 Å². The van der Waals surface area contributed by atoms with Crippen molar-refractivity contribution in [3.63, 3.8) is 0 Å². The molecule has 3 heterocycles. The minimum Gasteiger partial charge on any atom is -0.493 e. The smallest absolute Gasteiger partial charge is 0.161 e. The van der Waals surface area contributed by atoms with Crippen LogP contribution in [0.25, 0.3) is 34.3 Å². The van der Waals surface area contributed by atoms with Gasteiger partial charge in [0.05, 0.1) is 25.4 Å². The van der Waals surface area contributed by atoms with Crippen LogP contribution in [0.4, 0.5) is 11.6 Å². The molecule has 2 aromatic heterocycles. The van der Waals surface area contributed by atoms with Gasteiger partial charge < -0.3 is 25.0 Å². The van der Waals surface area contributed by atoms with Crippen LogP contribution in [-0.2, 0) is 0 Å². The summed E-state index contributed by atoms with van der Waals surface area (Å²) >= 11 is 0. The van der Waals surface area contributed by atoms with Gasteiger partial charge in [-0.25, -0.2) is 19.9 Å². The third-order valence-corrected chi connectivity index (χ3v) is 6.36. The van der Waals surface area contributed by atoms with E-state index in [1.165, 1.54) is 0 Å². The van der Waals surface area contributed by atoms with Gasteiger partial charge >= 0.3 is 0 Å². The van der Waals surface area contributed by atoms with Crippen molar-refractivity contribution in [3.8, 4) is 22.8 Å². The summed E-state index contributed by atoms with van der Waals surface area (Å²) < 4.78 is 10.9. The largest absolute Gasteiger partial charge is 0.493 e. The van der Waals surface area contributed by atoms with Crippen LogP contribution in [-0.4, -0.2) is 67.4 Å². The number of hydrogen-bond donors (Lipinski definition) is 1. The Balaban J connectivity index is 1.57. The Labute approximate surface area is 216 Å². The maximum atomic E-state index is 6.19. The Morgan fingerprint density at radius 1 is 0.919 bits per heavy atom. The van der Waals surface area contributed by atoms with E-state index in [0.29, 0.717) is 23.1 Å². The van der Waals surface area contributed by atoms with Gasteiger partial charge in [0.2, 0.25) is 0 Å². The van der Waals surface area contributed by atoms with Crippen LogP contribution >= 0.6 is 0 Å². The molecule has 0 radical (unpaired) electrons. The monoisotopic (exact) mass is 497 g/mol. The molecule has 0 aliphatic carbocycles. The SMILES string of the molecule is COc1ccc(-c2cc(N3CCC(N)C3)nc(C=Cc3nc(N(C)C)c4ccccc4n3)n2)cc1OC. The molecule has 1 unspecified atom stereocenters. The number of methoxy groups -OCH3 is 2. The van der Waals surface area contributed by atoms with Crippen LogP contribution in [0.1, 0.15) is 18.1 Å². The summed E-state index contributed by atoms with van der Waals surface area (Å²) in [6, 6.07) is 15.9. The molecule has 37 heavy (non-hydrogen) atoms. The van der Waals surface area contributed by atoms with Crippen molar-refractivity contribution in [2.45, 2.75) is 12.5 Å². The summed E-state index contributed by atoms with van der Waals surface area (Å²) in [5, 5.41) is 1.00. The second-order valence-corrected chi connectivity index (χ2v) is 9.18. The lowest BCUT2D eigenvalue weighted by Gasteiger charge is -2.18. The standard InChI is InChI=1S/C28H31N7O2/c1-34(2)28-20-7-5-6-8-21(20)30-26(33-28)12-11-25-31-22(16-27(32-25)35-14-13-19(29)17-35)18-9-10-23(36-3)24(15-18)37-4/h5-12,15-16,19H,13-14,17,29H2,1-4H3. The fraction of sp³-hybridized carbons (Fsp3) is 0.286. The maximum absolute atomic E-state index is 6.19. The molecule has 0 bridgehead atoms. The summed E-state index contributed by atoms with van der Waals surface area (Å²) in [4.78, 5) is 23.4. The maximum Gasteiger partial charge on any atom is 0.161 e. The van der Waals surface area contributed by atoms with Crippen LogP contribution in [0, 0.1) is 0 Å². The van der Waals surface area contributed by atoms with Gasteiger partial charge in [0.25, 0.3) is 0 Å². The molecule has 2 aromatic carbocycles. The molecule has 1 saturated heterocycles. The van der Waals surface area contributed by atoms with E-state index in [1.807, 2.05) is 79.7 Å². The second-order valence-electron chi connectivity index (χ2n) is 9.18. The molecular weight excluding hydrogens is 466 g/mol. The van der Waals surface area contributed by atoms with E-state index in [1.54, 1.807) is 14.2 Å². The second kappa shape index (κ2) is 10.4. The molecule has 9 nitrogen and oxygen atoms in total. The van der Waals surface area contributed by atoms with E-state index >= 15 is 0 Å². The van der Waals surface area contributed by atoms with E-state index < -0.39 is 0 Å². The number of ether oxygens (including phenoxy) is 2. The van der Waals surface area contributed by atoms with Crippen molar-refractivity contribution in [1.82, 2.24) is 19.9 Å². The molecule has 1 fully saturated rings. The molecule has 0 saturated carbocycles. The van der Waals surface area contributed by atoms with Crippen molar-refractivity contribution in [2.24, 2.45) is 5.73 Å². The predicted molar refractivity (Wildman–Crippen MR) is 148 cm³/mol. The highest BCUT2D eigenvalue weighted by atomic mass is 16.5. The van der Waals surface area contributed by atoms with Crippen molar-refractivity contribution < 1.29 is 9.47 Å². The summed E-state index contributed by atoms with van der Waals surface area (Å²) in [5.41, 5.74) is 8.75. The fourth-order valence-electron chi connectivity index (χ4n) is 4.47. The summed E-state index contributed by atoms with van der Waals surface area (Å²) in [6.07, 6.45) is 4.64. The van der Waals surface area contributed by atoms with Crippen LogP contribution in [0.3, 0.4) is 0 Å². The molecule has 1 aliphatic rings. The Bertz CT molecular complexity index is 1450. The lowest BCUT2D eigenvalue weighted by molar-refractivity contribution is 0.355. The van der Waals surface area contributed by atoms with Crippen molar-refractivity contribution in [3.05, 3.63) is 60.2 Å². The molecule has 0 amide bonds. The van der Waals surface area contributed by atoms with Gasteiger partial charge in [0.15, 0.2) is 23.1 Å². The van der Waals surface area contributed by atoms with E-state index in [2.05, 4.69) is 4.90 Å². The number of anilines is 2. The van der Waals surface area contributed by atoms with Gasteiger partial charge in [-0.1, -0.05) is 12.1 Å². The first-order valence-electron chi connectivity index (χ1n) is 12.2. The third-order valence-electron chi connectivity index (χ3n) is 6.36. The van der Waals surface area contributed by atoms with Gasteiger partial charge in [0, 0.05) is 50.2 Å². The zero-order chi connectivity index (χ0) is 25.9. The van der Waals surface area contributed by atoms with Gasteiger partial charge in [-0.2, -0.15) is 0 Å². The van der Waals surface area contributed by atoms with E-state index in [9.17, 15) is 0 Å². The molecule has 2 N–H and O–H groups in total. The average Bonchev–Trinajstić information content (AvgIpc) is 3.37. The number of fused-ring (bicyclic) bond motifs is 1. The molecule has 4 aromatic rings. The molecular formula is C28H31N7O2. The zero-order valence-corrected chi connectivity index (χ0v) is 21.5. The van der Waals surface area contributed by atoms with Gasteiger partial charge in [-0.3, -0.25) is 0 Å². The van der Waals surface area contributed by atoms with E-state index in [-0.39, 0.29) is 6.04 Å². The number of benzene rings is 2. The van der Waals surface area contributed by atoms with Gasteiger partial charge in [-0.15, -0.1) is 0 Å². The summed E-state index contributed by atoms with van der Waals surface area (Å²) in [6.45, 7) is 1.61. The molecule has 190 valence electrons. The highest BCUT2D eigenvalue weighted by Gasteiger charge is 2.22. The number of rotatable bonds is 7. The number of nitrogens with zero attached hydrogens (tertiary/aromatic N) is 6. The highest BCUT2D eigenvalue weighted by Crippen LogP contribution is 2.33. The van der Waals surface area contributed by atoms with E-state index in [4.69, 9.17) is 35.1 Å². The Kier molecular flexibility index (Phi) is 6.87. The fourth-order valence-corrected chi connectivity index (χ4v) is 4.47. The number of nitrogens with two attached hydrogens (primary N) is 1. The molecule has 5 rings (SSSR count). The van der Waals surface area contributed by atoms with Crippen LogP contribution in [0.15, 0.2) is 48.5 Å². The topological polar surface area (TPSA) is 103 Å². The minimum absolute atomic E-state index is 0.133. The zero-order valence-electron chi connectivity index (χ0n) is 21.5. The Hall–Kier alpha value is -4.24. The lowest BCUT2D eigenvalue weighted by Crippen LogP contribution is -2.27. The predicted octanol–water partition coefficient (Wildman–Crippen LogP) is 3.88. The molecule has 1 aliphatic heterocycles. The number of para-hydroxylation sites is 1. The first-order chi connectivity index (χ1) is 17.9. The first-order valence-corrected chi connectivity index (χ1v) is 12.2. The molecule has 1 atom stereocenters. The van der Waals surface area contributed by atoms with Crippen molar-refractivity contribution in [2.75, 3.05) is 51.2 Å². The van der Waals surface area contributed by atoms with Gasteiger partial charge in [0.1, 0.15) is 11.6 Å². The Morgan fingerprint density at radius 2 is 1.68 bits per heavy atom. The average molecular weight is 498 g/mol. The normalized spacial score (nSPS) is 15.5. The molecule has 0 spiro atoms. The molecule has 9 heteroatoms. The number of hydrogen-bond acceptors (Lipinski definition) is 9. The highest BCUT2D eigenvalue weighted by molar-refractivity contribution is 5.90. The van der Waals surface area contributed by atoms with Gasteiger partial charge in [-0.05, 0) is 48.9 Å². The first kappa shape index (κ1) is 24.5. The van der Waals surface area contributed by atoms with E-state index in [0.717, 1.165) is 53.3 Å². The minimum atomic E-state index is 0.133. The lowest BCUT2D eigenvalue weighted by atomic mass is 10.1.